The maximum atomic E-state index is 11.8. The molecule has 0 spiro atoms. The van der Waals surface area contributed by atoms with Crippen LogP contribution in [0.3, 0.4) is 0 Å². The van der Waals surface area contributed by atoms with E-state index in [1.54, 1.807) is 31.2 Å². The second-order valence-electron chi connectivity index (χ2n) is 3.20. The Morgan fingerprint density at radius 1 is 1.12 bits per heavy atom. The van der Waals surface area contributed by atoms with Gasteiger partial charge in [-0.3, -0.25) is 4.79 Å². The zero-order valence-corrected chi connectivity index (χ0v) is 10.2. The number of rotatable bonds is 4. The largest absolute Gasteiger partial charge is 0.512 e. The zero-order chi connectivity index (χ0) is 12.6. The Kier molecular flexibility index (Phi) is 6.68. The van der Waals surface area contributed by atoms with E-state index in [1.807, 2.05) is 19.9 Å². The summed E-state index contributed by atoms with van der Waals surface area (Å²) in [5.74, 6) is -0.309. The van der Waals surface area contributed by atoms with Crippen LogP contribution >= 0.6 is 0 Å². The number of aliphatic hydroxyl groups is 1. The van der Waals surface area contributed by atoms with Gasteiger partial charge in [0.25, 0.3) is 5.91 Å². The molecular weight excluding hydrogens is 202 g/mol. The van der Waals surface area contributed by atoms with Crippen LogP contribution < -0.4 is 5.32 Å². The van der Waals surface area contributed by atoms with E-state index in [0.29, 0.717) is 5.70 Å². The number of hydrogen-bond donors (Lipinski definition) is 2. The number of carbonyl (C=O) groups excluding carboxylic acids is 1. The SMILES string of the molecule is C/C=C\C(C(=O)NC(/C=C\C)=C/C)=C(/C)O. The Bertz CT molecular complexity index is 356. The van der Waals surface area contributed by atoms with E-state index in [1.165, 1.54) is 6.92 Å². The van der Waals surface area contributed by atoms with Crippen molar-refractivity contribution >= 4 is 5.91 Å². The summed E-state index contributed by atoms with van der Waals surface area (Å²) in [6.45, 7) is 6.98. The van der Waals surface area contributed by atoms with Crippen LogP contribution in [0.4, 0.5) is 0 Å². The molecule has 0 aliphatic heterocycles. The average Bonchev–Trinajstić information content (AvgIpc) is 2.24. The van der Waals surface area contributed by atoms with Crippen molar-refractivity contribution in [2.45, 2.75) is 27.7 Å². The summed E-state index contributed by atoms with van der Waals surface area (Å²) in [7, 11) is 0. The molecule has 1 amide bonds. The summed E-state index contributed by atoms with van der Waals surface area (Å²) < 4.78 is 0. The van der Waals surface area contributed by atoms with E-state index < -0.39 is 0 Å². The van der Waals surface area contributed by atoms with Gasteiger partial charge in [-0.1, -0.05) is 24.3 Å². The van der Waals surface area contributed by atoms with E-state index in [0.717, 1.165) is 0 Å². The Labute approximate surface area is 96.9 Å². The number of hydrogen-bond acceptors (Lipinski definition) is 2. The standard InChI is InChI=1S/C13H19NO2/c1-5-8-11(7-3)14-13(16)12(9-6-2)10(4)15/h5-9,15H,1-4H3,(H,14,16)/b8-5-,9-6-,11-7+,12-10-. The highest BCUT2D eigenvalue weighted by molar-refractivity contribution is 5.97. The van der Waals surface area contributed by atoms with Gasteiger partial charge in [0.1, 0.15) is 5.76 Å². The second-order valence-corrected chi connectivity index (χ2v) is 3.20. The van der Waals surface area contributed by atoms with Crippen molar-refractivity contribution in [3.05, 3.63) is 47.4 Å². The van der Waals surface area contributed by atoms with Crippen LogP contribution in [0.15, 0.2) is 47.4 Å². The Morgan fingerprint density at radius 3 is 2.06 bits per heavy atom. The molecule has 0 heterocycles. The lowest BCUT2D eigenvalue weighted by atomic mass is 10.2. The summed E-state index contributed by atoms with van der Waals surface area (Å²) in [6.07, 6.45) is 8.70. The lowest BCUT2D eigenvalue weighted by molar-refractivity contribution is -0.116. The van der Waals surface area contributed by atoms with Crippen LogP contribution in [0.2, 0.25) is 0 Å². The summed E-state index contributed by atoms with van der Waals surface area (Å²) in [4.78, 5) is 11.8. The van der Waals surface area contributed by atoms with Gasteiger partial charge in [0.15, 0.2) is 0 Å². The third-order valence-electron chi connectivity index (χ3n) is 1.88. The average molecular weight is 221 g/mol. The summed E-state index contributed by atoms with van der Waals surface area (Å²) in [5, 5.41) is 12.1. The van der Waals surface area contributed by atoms with E-state index >= 15 is 0 Å². The lowest BCUT2D eigenvalue weighted by Crippen LogP contribution is -2.23. The predicted octanol–water partition coefficient (Wildman–Crippen LogP) is 2.99. The van der Waals surface area contributed by atoms with Crippen molar-refractivity contribution in [1.82, 2.24) is 5.32 Å². The van der Waals surface area contributed by atoms with Crippen molar-refractivity contribution in [2.75, 3.05) is 0 Å². The third-order valence-corrected chi connectivity index (χ3v) is 1.88. The molecule has 0 bridgehead atoms. The zero-order valence-electron chi connectivity index (χ0n) is 10.2. The van der Waals surface area contributed by atoms with Crippen molar-refractivity contribution in [3.63, 3.8) is 0 Å². The molecular formula is C13H19NO2. The molecule has 0 aromatic rings. The molecule has 3 heteroatoms. The molecule has 0 aromatic carbocycles. The van der Waals surface area contributed by atoms with Crippen LogP contribution in [0.25, 0.3) is 0 Å². The van der Waals surface area contributed by atoms with Crippen molar-refractivity contribution in [2.24, 2.45) is 0 Å². The minimum absolute atomic E-state index is 0.00605. The van der Waals surface area contributed by atoms with Gasteiger partial charge >= 0.3 is 0 Å². The molecule has 88 valence electrons. The molecule has 0 atom stereocenters. The maximum absolute atomic E-state index is 11.8. The second kappa shape index (κ2) is 7.51. The number of amides is 1. The van der Waals surface area contributed by atoms with Crippen LogP contribution in [0, 0.1) is 0 Å². The fourth-order valence-corrected chi connectivity index (χ4v) is 1.12. The molecule has 2 N–H and O–H groups in total. The summed E-state index contributed by atoms with van der Waals surface area (Å²) >= 11 is 0. The topological polar surface area (TPSA) is 49.3 Å². The highest BCUT2D eigenvalue weighted by Gasteiger charge is 2.09. The maximum Gasteiger partial charge on any atom is 0.259 e. The van der Waals surface area contributed by atoms with Gasteiger partial charge in [-0.25, -0.2) is 0 Å². The highest BCUT2D eigenvalue weighted by atomic mass is 16.3. The van der Waals surface area contributed by atoms with Gasteiger partial charge in [0.05, 0.1) is 5.57 Å². The van der Waals surface area contributed by atoms with Gasteiger partial charge in [0, 0.05) is 5.70 Å². The molecule has 0 aliphatic rings. The molecule has 0 fully saturated rings. The Hall–Kier alpha value is -1.77. The first-order chi connectivity index (χ1) is 7.56. The van der Waals surface area contributed by atoms with E-state index in [9.17, 15) is 9.90 Å². The van der Waals surface area contributed by atoms with Gasteiger partial charge < -0.3 is 10.4 Å². The molecule has 0 saturated carbocycles. The number of allylic oxidation sites excluding steroid dienone is 5. The molecule has 16 heavy (non-hydrogen) atoms. The van der Waals surface area contributed by atoms with E-state index in [2.05, 4.69) is 5.32 Å². The summed E-state index contributed by atoms with van der Waals surface area (Å²) in [6, 6.07) is 0. The number of nitrogens with one attached hydrogen (secondary N) is 1. The molecule has 0 rings (SSSR count). The molecule has 0 unspecified atom stereocenters. The van der Waals surface area contributed by atoms with E-state index in [4.69, 9.17) is 0 Å². The minimum Gasteiger partial charge on any atom is -0.512 e. The van der Waals surface area contributed by atoms with E-state index in [-0.39, 0.29) is 17.2 Å². The van der Waals surface area contributed by atoms with Crippen molar-refractivity contribution < 1.29 is 9.90 Å². The van der Waals surface area contributed by atoms with Crippen LogP contribution in [0.5, 0.6) is 0 Å². The lowest BCUT2D eigenvalue weighted by Gasteiger charge is -2.07. The Morgan fingerprint density at radius 2 is 1.69 bits per heavy atom. The van der Waals surface area contributed by atoms with Crippen LogP contribution in [-0.4, -0.2) is 11.0 Å². The first-order valence-electron chi connectivity index (χ1n) is 5.19. The fourth-order valence-electron chi connectivity index (χ4n) is 1.12. The van der Waals surface area contributed by atoms with Crippen LogP contribution in [0.1, 0.15) is 27.7 Å². The van der Waals surface area contributed by atoms with Gasteiger partial charge in [-0.15, -0.1) is 0 Å². The number of carbonyl (C=O) groups is 1. The quantitative estimate of drug-likeness (QED) is 0.435. The monoisotopic (exact) mass is 221 g/mol. The molecule has 3 nitrogen and oxygen atoms in total. The molecule has 0 aromatic heterocycles. The van der Waals surface area contributed by atoms with Gasteiger partial charge in [-0.2, -0.15) is 0 Å². The molecule has 0 radical (unpaired) electrons. The first-order valence-corrected chi connectivity index (χ1v) is 5.19. The van der Waals surface area contributed by atoms with Crippen molar-refractivity contribution in [3.8, 4) is 0 Å². The predicted molar refractivity (Wildman–Crippen MR) is 66.9 cm³/mol. The Balaban J connectivity index is 4.87. The summed E-state index contributed by atoms with van der Waals surface area (Å²) in [5.41, 5.74) is 0.974. The van der Waals surface area contributed by atoms with Crippen molar-refractivity contribution in [1.29, 1.82) is 0 Å². The molecule has 0 saturated heterocycles. The normalized spacial score (nSPS) is 14.4. The van der Waals surface area contributed by atoms with Crippen LogP contribution in [-0.2, 0) is 4.79 Å². The minimum atomic E-state index is -0.315. The highest BCUT2D eigenvalue weighted by Crippen LogP contribution is 2.05. The van der Waals surface area contributed by atoms with Gasteiger partial charge in [-0.05, 0) is 33.8 Å². The fraction of sp³-hybridized carbons (Fsp3) is 0.308. The smallest absolute Gasteiger partial charge is 0.259 e. The first kappa shape index (κ1) is 14.2. The third kappa shape index (κ3) is 4.64. The number of aliphatic hydroxyl groups excluding tert-OH is 1. The van der Waals surface area contributed by atoms with Gasteiger partial charge in [0.2, 0.25) is 0 Å². The molecule has 0 aliphatic carbocycles.